The number of ether oxygens (including phenoxy) is 3. The number of aliphatic hydroxyl groups excluding tert-OH is 1. The molecular formula is C26H28N2O6. The van der Waals surface area contributed by atoms with Gasteiger partial charge in [0.25, 0.3) is 11.7 Å². The Balaban J connectivity index is 1.81. The van der Waals surface area contributed by atoms with Gasteiger partial charge in [0.15, 0.2) is 11.5 Å². The van der Waals surface area contributed by atoms with Gasteiger partial charge < -0.3 is 29.1 Å². The highest BCUT2D eigenvalue weighted by Crippen LogP contribution is 2.41. The smallest absolute Gasteiger partial charge is 0.295 e. The number of ketones is 1. The highest BCUT2D eigenvalue weighted by Gasteiger charge is 2.46. The predicted molar refractivity (Wildman–Crippen MR) is 127 cm³/mol. The highest BCUT2D eigenvalue weighted by atomic mass is 16.6. The van der Waals surface area contributed by atoms with Crippen molar-refractivity contribution >= 4 is 17.4 Å². The Kier molecular flexibility index (Phi) is 6.88. The molecule has 1 fully saturated rings. The van der Waals surface area contributed by atoms with Crippen molar-refractivity contribution in [3.05, 3.63) is 71.8 Å². The maximum atomic E-state index is 13.2. The molecule has 4 rings (SSSR count). The van der Waals surface area contributed by atoms with Gasteiger partial charge in [-0.2, -0.15) is 0 Å². The molecular weight excluding hydrogens is 436 g/mol. The molecule has 2 aromatic carbocycles. The van der Waals surface area contributed by atoms with E-state index in [9.17, 15) is 14.7 Å². The van der Waals surface area contributed by atoms with Gasteiger partial charge in [-0.3, -0.25) is 9.59 Å². The third kappa shape index (κ3) is 4.63. The van der Waals surface area contributed by atoms with Gasteiger partial charge in [-0.15, -0.1) is 0 Å². The number of likely N-dealkylation sites (N-methyl/N-ethyl adjacent to an activating group) is 1. The molecule has 8 nitrogen and oxygen atoms in total. The molecule has 34 heavy (non-hydrogen) atoms. The zero-order valence-electron chi connectivity index (χ0n) is 19.3. The molecule has 1 amide bonds. The number of carbonyl (C=O) groups is 2. The van der Waals surface area contributed by atoms with Crippen molar-refractivity contribution < 1.29 is 28.9 Å². The molecule has 2 aromatic rings. The molecule has 2 heterocycles. The summed E-state index contributed by atoms with van der Waals surface area (Å²) in [7, 11) is 3.79. The zero-order chi connectivity index (χ0) is 24.2. The molecule has 0 spiro atoms. The van der Waals surface area contributed by atoms with E-state index in [0.717, 1.165) is 0 Å². The van der Waals surface area contributed by atoms with Crippen LogP contribution in [-0.2, 0) is 9.59 Å². The lowest BCUT2D eigenvalue weighted by atomic mass is 9.95. The largest absolute Gasteiger partial charge is 0.507 e. The van der Waals surface area contributed by atoms with E-state index in [0.29, 0.717) is 61.3 Å². The predicted octanol–water partition coefficient (Wildman–Crippen LogP) is 3.01. The summed E-state index contributed by atoms with van der Waals surface area (Å²) in [5.74, 6) is -0.0108. The van der Waals surface area contributed by atoms with Crippen molar-refractivity contribution in [2.45, 2.75) is 6.04 Å². The summed E-state index contributed by atoms with van der Waals surface area (Å²) in [5, 5.41) is 11.3. The Morgan fingerprint density at radius 2 is 1.94 bits per heavy atom. The minimum absolute atomic E-state index is 0.0290. The van der Waals surface area contributed by atoms with Crippen LogP contribution in [0.25, 0.3) is 5.76 Å². The first-order chi connectivity index (χ1) is 16.4. The first-order valence-electron chi connectivity index (χ1n) is 11.1. The number of rotatable bonds is 8. The van der Waals surface area contributed by atoms with Crippen LogP contribution in [0.5, 0.6) is 17.2 Å². The quantitative estimate of drug-likeness (QED) is 0.278. The third-order valence-corrected chi connectivity index (χ3v) is 5.69. The van der Waals surface area contributed by atoms with E-state index in [1.165, 1.54) is 4.90 Å². The van der Waals surface area contributed by atoms with Gasteiger partial charge in [0.05, 0.1) is 11.6 Å². The van der Waals surface area contributed by atoms with Gasteiger partial charge in [0.1, 0.15) is 31.3 Å². The molecule has 0 bridgehead atoms. The van der Waals surface area contributed by atoms with Gasteiger partial charge >= 0.3 is 0 Å². The Morgan fingerprint density at radius 1 is 1.18 bits per heavy atom. The first-order valence-corrected chi connectivity index (χ1v) is 11.1. The van der Waals surface area contributed by atoms with E-state index in [1.807, 2.05) is 25.1 Å². The van der Waals surface area contributed by atoms with Crippen molar-refractivity contribution in [3.63, 3.8) is 0 Å². The van der Waals surface area contributed by atoms with Crippen LogP contribution in [0.1, 0.15) is 17.2 Å². The first kappa shape index (κ1) is 23.4. The second kappa shape index (κ2) is 10.0. The zero-order valence-corrected chi connectivity index (χ0v) is 19.3. The van der Waals surface area contributed by atoms with Crippen LogP contribution in [-0.4, -0.2) is 73.6 Å². The Bertz CT molecular complexity index is 1140. The lowest BCUT2D eigenvalue weighted by Crippen LogP contribution is -2.35. The molecule has 2 aliphatic heterocycles. The van der Waals surface area contributed by atoms with Crippen LogP contribution in [0.3, 0.4) is 0 Å². The van der Waals surface area contributed by atoms with Gasteiger partial charge in [0, 0.05) is 18.7 Å². The number of amides is 1. The lowest BCUT2D eigenvalue weighted by molar-refractivity contribution is -0.140. The van der Waals surface area contributed by atoms with E-state index in [2.05, 4.69) is 6.58 Å². The number of Topliss-reactive ketones (excluding diaryl/α,β-unsaturated/α-hetero) is 1. The molecule has 1 N–H and O–H groups in total. The molecule has 0 saturated carbocycles. The Labute approximate surface area is 198 Å². The summed E-state index contributed by atoms with van der Waals surface area (Å²) in [6.07, 6.45) is 1.64. The normalized spacial score (nSPS) is 18.9. The number of hydrogen-bond acceptors (Lipinski definition) is 7. The fraction of sp³-hybridized carbons (Fsp3) is 0.308. The van der Waals surface area contributed by atoms with E-state index >= 15 is 0 Å². The third-order valence-electron chi connectivity index (χ3n) is 5.69. The number of fused-ring (bicyclic) bond motifs is 1. The van der Waals surface area contributed by atoms with Crippen LogP contribution < -0.4 is 14.2 Å². The lowest BCUT2D eigenvalue weighted by Gasteiger charge is -2.27. The minimum Gasteiger partial charge on any atom is -0.507 e. The summed E-state index contributed by atoms with van der Waals surface area (Å²) >= 11 is 0. The van der Waals surface area contributed by atoms with E-state index < -0.39 is 17.7 Å². The van der Waals surface area contributed by atoms with Crippen molar-refractivity contribution in [1.29, 1.82) is 0 Å². The van der Waals surface area contributed by atoms with Gasteiger partial charge in [-0.1, -0.05) is 24.8 Å². The average Bonchev–Trinajstić information content (AvgIpc) is 3.10. The summed E-state index contributed by atoms with van der Waals surface area (Å²) < 4.78 is 16.8. The molecule has 0 unspecified atom stereocenters. The number of hydrogen-bond donors (Lipinski definition) is 1. The van der Waals surface area contributed by atoms with Crippen LogP contribution in [0.4, 0.5) is 0 Å². The van der Waals surface area contributed by atoms with Gasteiger partial charge in [-0.25, -0.2) is 0 Å². The molecule has 2 aliphatic rings. The van der Waals surface area contributed by atoms with Crippen molar-refractivity contribution in [3.8, 4) is 17.2 Å². The molecule has 178 valence electrons. The number of likely N-dealkylation sites (tertiary alicyclic amines) is 1. The van der Waals surface area contributed by atoms with Gasteiger partial charge in [-0.05, 0) is 50.0 Å². The maximum Gasteiger partial charge on any atom is 0.295 e. The molecule has 0 aromatic heterocycles. The Morgan fingerprint density at radius 3 is 2.68 bits per heavy atom. The number of carbonyl (C=O) groups excluding carboxylic acids is 2. The van der Waals surface area contributed by atoms with E-state index in [1.54, 1.807) is 42.5 Å². The SMILES string of the molecule is C=CCOc1cccc([C@H]2C(=C(O)c3ccc4c(c3)OCCO4)C(=O)C(=O)N2CCN(C)C)c1. The van der Waals surface area contributed by atoms with Crippen molar-refractivity contribution in [2.24, 2.45) is 0 Å². The summed E-state index contributed by atoms with van der Waals surface area (Å²) in [6.45, 7) is 5.69. The van der Waals surface area contributed by atoms with Gasteiger partial charge in [0.2, 0.25) is 0 Å². The number of nitrogens with zero attached hydrogens (tertiary/aromatic N) is 2. The van der Waals surface area contributed by atoms with Crippen molar-refractivity contribution in [2.75, 3.05) is 47.0 Å². The monoisotopic (exact) mass is 464 g/mol. The topological polar surface area (TPSA) is 88.5 Å². The summed E-state index contributed by atoms with van der Waals surface area (Å²) in [5.41, 5.74) is 1.07. The maximum absolute atomic E-state index is 13.2. The molecule has 1 saturated heterocycles. The summed E-state index contributed by atoms with van der Waals surface area (Å²) in [4.78, 5) is 29.7. The standard InChI is InChI=1S/C26H28N2O6/c1-4-12-32-19-7-5-6-17(15-19)23-22(25(30)26(31)28(23)11-10-27(2)3)24(29)18-8-9-20-21(16-18)34-14-13-33-20/h4-9,15-16,23,29H,1,10-14H2,2-3H3/t23-/m0/s1. The molecule has 1 atom stereocenters. The van der Waals surface area contributed by atoms with Crippen LogP contribution >= 0.6 is 0 Å². The molecule has 8 heteroatoms. The number of aliphatic hydroxyl groups is 1. The fourth-order valence-electron chi connectivity index (χ4n) is 4.04. The Hall–Kier alpha value is -3.78. The second-order valence-corrected chi connectivity index (χ2v) is 8.33. The summed E-state index contributed by atoms with van der Waals surface area (Å²) in [6, 6.07) is 11.4. The van der Waals surface area contributed by atoms with Crippen LogP contribution in [0.2, 0.25) is 0 Å². The van der Waals surface area contributed by atoms with Crippen LogP contribution in [0.15, 0.2) is 60.7 Å². The van der Waals surface area contributed by atoms with E-state index in [4.69, 9.17) is 14.2 Å². The second-order valence-electron chi connectivity index (χ2n) is 8.33. The number of benzene rings is 2. The van der Waals surface area contributed by atoms with Crippen LogP contribution in [0, 0.1) is 0 Å². The minimum atomic E-state index is -0.763. The van der Waals surface area contributed by atoms with E-state index in [-0.39, 0.29) is 11.3 Å². The molecule has 0 radical (unpaired) electrons. The molecule has 0 aliphatic carbocycles. The fourth-order valence-corrected chi connectivity index (χ4v) is 4.04. The average molecular weight is 465 g/mol. The highest BCUT2D eigenvalue weighted by molar-refractivity contribution is 6.46. The van der Waals surface area contributed by atoms with Crippen molar-refractivity contribution in [1.82, 2.24) is 9.80 Å².